The highest BCUT2D eigenvalue weighted by atomic mass is 19.1. The van der Waals surface area contributed by atoms with Gasteiger partial charge in [0.25, 0.3) is 0 Å². The van der Waals surface area contributed by atoms with E-state index in [0.29, 0.717) is 12.0 Å². The molecule has 0 aliphatic carbocycles. The number of hydrogen-bond acceptors (Lipinski definition) is 2. The first-order valence-electron chi connectivity index (χ1n) is 5.90. The van der Waals surface area contributed by atoms with Crippen LogP contribution in [-0.2, 0) is 4.79 Å². The van der Waals surface area contributed by atoms with Gasteiger partial charge in [-0.3, -0.25) is 9.79 Å². The van der Waals surface area contributed by atoms with Crippen LogP contribution in [0.5, 0.6) is 0 Å². The number of hydrogen-bond donors (Lipinski definition) is 0. The fraction of sp³-hybridized carbons (Fsp3) is 0.333. The number of halogens is 1. The van der Waals surface area contributed by atoms with Crippen molar-refractivity contribution in [2.45, 2.75) is 34.1 Å². The van der Waals surface area contributed by atoms with Crippen molar-refractivity contribution in [1.29, 1.82) is 0 Å². The van der Waals surface area contributed by atoms with E-state index in [2.05, 4.69) is 4.99 Å². The Hall–Kier alpha value is -1.77. The van der Waals surface area contributed by atoms with E-state index in [1.165, 1.54) is 13.0 Å². The van der Waals surface area contributed by atoms with Gasteiger partial charge in [0.1, 0.15) is 11.6 Å². The first kappa shape index (κ1) is 14.3. The van der Waals surface area contributed by atoms with Crippen molar-refractivity contribution in [2.24, 2.45) is 4.99 Å². The van der Waals surface area contributed by atoms with Gasteiger partial charge in [0.05, 0.1) is 5.70 Å². The zero-order valence-electron chi connectivity index (χ0n) is 11.2. The van der Waals surface area contributed by atoms with Crippen LogP contribution in [0.4, 0.5) is 4.39 Å². The predicted molar refractivity (Wildman–Crippen MR) is 73.2 cm³/mol. The van der Waals surface area contributed by atoms with Crippen molar-refractivity contribution < 1.29 is 9.18 Å². The summed E-state index contributed by atoms with van der Waals surface area (Å²) in [6.07, 6.45) is 2.20. The normalized spacial score (nSPS) is 12.7. The molecule has 0 aliphatic rings. The van der Waals surface area contributed by atoms with Crippen LogP contribution < -0.4 is 0 Å². The molecule has 0 radical (unpaired) electrons. The average molecular weight is 247 g/mol. The minimum Gasteiger partial charge on any atom is -0.300 e. The van der Waals surface area contributed by atoms with Gasteiger partial charge in [-0.05, 0) is 51.5 Å². The van der Waals surface area contributed by atoms with Gasteiger partial charge in [0.2, 0.25) is 0 Å². The Kier molecular flexibility index (Phi) is 4.95. The average Bonchev–Trinajstić information content (AvgIpc) is 2.29. The molecule has 0 unspecified atom stereocenters. The molecule has 18 heavy (non-hydrogen) atoms. The summed E-state index contributed by atoms with van der Waals surface area (Å²) in [5.74, 6) is -0.138. The number of ketones is 1. The van der Waals surface area contributed by atoms with E-state index in [9.17, 15) is 9.18 Å². The number of benzene rings is 1. The maximum atomic E-state index is 13.2. The molecular formula is C15H18FNO. The Balaban J connectivity index is 3.04. The quantitative estimate of drug-likeness (QED) is 0.741. The third-order valence-electron chi connectivity index (χ3n) is 2.54. The zero-order chi connectivity index (χ0) is 13.7. The summed E-state index contributed by atoms with van der Waals surface area (Å²) in [5, 5.41) is 0. The van der Waals surface area contributed by atoms with E-state index in [0.717, 1.165) is 17.0 Å². The topological polar surface area (TPSA) is 29.4 Å². The maximum absolute atomic E-state index is 13.2. The number of aryl methyl sites for hydroxylation is 1. The molecule has 0 saturated carbocycles. The Morgan fingerprint density at radius 1 is 1.39 bits per heavy atom. The summed E-state index contributed by atoms with van der Waals surface area (Å²) in [6, 6.07) is 4.89. The van der Waals surface area contributed by atoms with E-state index < -0.39 is 0 Å². The summed E-state index contributed by atoms with van der Waals surface area (Å²) in [4.78, 5) is 15.4. The van der Waals surface area contributed by atoms with Gasteiger partial charge in [-0.2, -0.15) is 0 Å². The molecule has 0 amide bonds. The molecule has 2 nitrogen and oxygen atoms in total. The van der Waals surface area contributed by atoms with E-state index in [4.69, 9.17) is 0 Å². The molecule has 0 aliphatic heterocycles. The van der Waals surface area contributed by atoms with Crippen LogP contribution in [0.2, 0.25) is 0 Å². The fourth-order valence-electron chi connectivity index (χ4n) is 1.71. The first-order chi connectivity index (χ1) is 8.43. The molecule has 0 saturated heterocycles. The van der Waals surface area contributed by atoms with E-state index >= 15 is 0 Å². The molecule has 1 rings (SSSR count). The fourth-order valence-corrected chi connectivity index (χ4v) is 1.71. The molecule has 0 N–H and O–H groups in total. The molecule has 0 heterocycles. The Bertz CT molecular complexity index is 515. The van der Waals surface area contributed by atoms with Gasteiger partial charge in [-0.15, -0.1) is 0 Å². The summed E-state index contributed by atoms with van der Waals surface area (Å²) in [5.41, 5.74) is 2.97. The second-order valence-electron chi connectivity index (χ2n) is 4.36. The van der Waals surface area contributed by atoms with Crippen molar-refractivity contribution >= 4 is 17.2 Å². The van der Waals surface area contributed by atoms with Gasteiger partial charge in [-0.1, -0.05) is 6.08 Å². The van der Waals surface area contributed by atoms with Crippen molar-refractivity contribution in [3.63, 3.8) is 0 Å². The highest BCUT2D eigenvalue weighted by Gasteiger charge is 2.04. The highest BCUT2D eigenvalue weighted by molar-refractivity contribution is 6.01. The van der Waals surface area contributed by atoms with Crippen LogP contribution in [0, 0.1) is 12.7 Å². The molecular weight excluding hydrogens is 229 g/mol. The second kappa shape index (κ2) is 6.24. The van der Waals surface area contributed by atoms with Crippen molar-refractivity contribution in [2.75, 3.05) is 0 Å². The lowest BCUT2D eigenvalue weighted by molar-refractivity contribution is -0.115. The predicted octanol–water partition coefficient (Wildman–Crippen LogP) is 3.93. The molecule has 96 valence electrons. The van der Waals surface area contributed by atoms with Crippen molar-refractivity contribution in [3.8, 4) is 0 Å². The summed E-state index contributed by atoms with van der Waals surface area (Å²) in [7, 11) is 0. The van der Waals surface area contributed by atoms with Gasteiger partial charge >= 0.3 is 0 Å². The third kappa shape index (κ3) is 3.91. The lowest BCUT2D eigenvalue weighted by atomic mass is 10.1. The van der Waals surface area contributed by atoms with E-state index in [1.807, 2.05) is 19.9 Å². The van der Waals surface area contributed by atoms with E-state index in [1.54, 1.807) is 19.1 Å². The van der Waals surface area contributed by atoms with Gasteiger partial charge in [0.15, 0.2) is 0 Å². The summed E-state index contributed by atoms with van der Waals surface area (Å²) < 4.78 is 13.2. The molecule has 1 aromatic rings. The van der Waals surface area contributed by atoms with Crippen LogP contribution in [-0.4, -0.2) is 11.5 Å². The molecule has 3 heteroatoms. The van der Waals surface area contributed by atoms with Crippen LogP contribution >= 0.6 is 0 Å². The molecule has 0 bridgehead atoms. The van der Waals surface area contributed by atoms with Crippen LogP contribution in [0.25, 0.3) is 5.70 Å². The lowest BCUT2D eigenvalue weighted by Gasteiger charge is -2.06. The van der Waals surface area contributed by atoms with Crippen LogP contribution in [0.15, 0.2) is 29.3 Å². The minimum atomic E-state index is -0.223. The van der Waals surface area contributed by atoms with Crippen molar-refractivity contribution in [1.82, 2.24) is 0 Å². The van der Waals surface area contributed by atoms with Crippen LogP contribution in [0.3, 0.4) is 0 Å². The molecule has 0 spiro atoms. The van der Waals surface area contributed by atoms with E-state index in [-0.39, 0.29) is 11.6 Å². The largest absolute Gasteiger partial charge is 0.300 e. The number of Topliss-reactive ketones (excluding diaryl/α,β-unsaturated/α-hetero) is 1. The first-order valence-corrected chi connectivity index (χ1v) is 5.90. The smallest absolute Gasteiger partial charge is 0.135 e. The number of carbonyl (C=O) groups is 1. The van der Waals surface area contributed by atoms with Gasteiger partial charge < -0.3 is 0 Å². The second-order valence-corrected chi connectivity index (χ2v) is 4.36. The SMILES string of the molecule is C/C=C(\N=C(C)CC(C)=O)c1ccc(F)c(C)c1. The van der Waals surface area contributed by atoms with Gasteiger partial charge in [-0.25, -0.2) is 4.39 Å². The molecule has 0 fully saturated rings. The number of aliphatic imine (C=N–C) groups is 1. The van der Waals surface area contributed by atoms with Crippen LogP contribution in [0.1, 0.15) is 38.3 Å². The Morgan fingerprint density at radius 2 is 2.06 bits per heavy atom. The third-order valence-corrected chi connectivity index (χ3v) is 2.54. The van der Waals surface area contributed by atoms with Gasteiger partial charge in [0, 0.05) is 17.7 Å². The number of allylic oxidation sites excluding steroid dienone is 1. The standard InChI is InChI=1S/C15H18FNO/c1-5-15(17-11(3)9-12(4)18)13-6-7-14(16)10(2)8-13/h5-8H,9H2,1-4H3/b15-5-,17-11?. The monoisotopic (exact) mass is 247 g/mol. The molecule has 1 aromatic carbocycles. The number of rotatable bonds is 4. The zero-order valence-corrected chi connectivity index (χ0v) is 11.2. The number of carbonyl (C=O) groups excluding carboxylic acids is 1. The minimum absolute atomic E-state index is 0.0852. The molecule has 0 atom stereocenters. The Labute approximate surface area is 107 Å². The highest BCUT2D eigenvalue weighted by Crippen LogP contribution is 2.19. The summed E-state index contributed by atoms with van der Waals surface area (Å²) in [6.45, 7) is 6.95. The number of nitrogens with zero attached hydrogens (tertiary/aromatic N) is 1. The summed E-state index contributed by atoms with van der Waals surface area (Å²) >= 11 is 0. The lowest BCUT2D eigenvalue weighted by Crippen LogP contribution is -2.00. The van der Waals surface area contributed by atoms with Crippen molar-refractivity contribution in [3.05, 3.63) is 41.2 Å². The Morgan fingerprint density at radius 3 is 2.56 bits per heavy atom. The molecule has 0 aromatic heterocycles. The maximum Gasteiger partial charge on any atom is 0.135 e.